The molecule has 1 aromatic heterocycles. The average molecular weight is 424 g/mol. The van der Waals surface area contributed by atoms with Gasteiger partial charge in [0, 0.05) is 22.3 Å². The lowest BCUT2D eigenvalue weighted by Crippen LogP contribution is -2.36. The number of amides is 2. The van der Waals surface area contributed by atoms with Gasteiger partial charge in [0.15, 0.2) is 0 Å². The second kappa shape index (κ2) is 7.60. The molecule has 120 valence electrons. The monoisotopic (exact) mass is 424 g/mol. The molecule has 3 rings (SSSR count). The predicted molar refractivity (Wildman–Crippen MR) is 99.1 cm³/mol. The molecule has 0 bridgehead atoms. The number of urea groups is 1. The van der Waals surface area contributed by atoms with E-state index in [1.54, 1.807) is 6.20 Å². The van der Waals surface area contributed by atoms with Crippen molar-refractivity contribution in [3.63, 3.8) is 0 Å². The maximum absolute atomic E-state index is 12.0. The Labute approximate surface area is 148 Å². The first-order valence-corrected chi connectivity index (χ1v) is 8.41. The summed E-state index contributed by atoms with van der Waals surface area (Å²) in [5.74, 6) is 0.900. The van der Waals surface area contributed by atoms with Crippen molar-refractivity contribution in [1.29, 1.82) is 0 Å². The summed E-state index contributed by atoms with van der Waals surface area (Å²) >= 11 is 2.22. The van der Waals surface area contributed by atoms with Crippen LogP contribution in [0.5, 0.6) is 0 Å². The molecule has 2 N–H and O–H groups in total. The number of carbonyl (C=O) groups excluding carboxylic acids is 1. The maximum Gasteiger partial charge on any atom is 0.323 e. The quantitative estimate of drug-likeness (QED) is 0.744. The topological polar surface area (TPSA) is 66.5 Å². The number of hydrogen-bond acceptors (Lipinski definition) is 4. The smallest absolute Gasteiger partial charge is 0.323 e. The Kier molecular flexibility index (Phi) is 5.29. The van der Waals surface area contributed by atoms with E-state index in [0.29, 0.717) is 5.69 Å². The van der Waals surface area contributed by atoms with E-state index in [0.717, 1.165) is 41.4 Å². The first kappa shape index (κ1) is 16.0. The molecule has 1 aliphatic heterocycles. The Hall–Kier alpha value is -1.87. The first-order valence-electron chi connectivity index (χ1n) is 7.33. The predicted octanol–water partition coefficient (Wildman–Crippen LogP) is 3.17. The largest absolute Gasteiger partial charge is 0.378 e. The van der Waals surface area contributed by atoms with Crippen molar-refractivity contribution < 1.29 is 9.53 Å². The summed E-state index contributed by atoms with van der Waals surface area (Å²) in [7, 11) is 0. The Balaban J connectivity index is 1.57. The highest BCUT2D eigenvalue weighted by Crippen LogP contribution is 2.16. The molecule has 6 nitrogen and oxygen atoms in total. The van der Waals surface area contributed by atoms with Gasteiger partial charge in [-0.05, 0) is 59.0 Å². The minimum Gasteiger partial charge on any atom is -0.378 e. The minimum atomic E-state index is -0.285. The van der Waals surface area contributed by atoms with Crippen LogP contribution in [-0.4, -0.2) is 37.3 Å². The Morgan fingerprint density at radius 1 is 1.04 bits per heavy atom. The molecule has 0 unspecified atom stereocenters. The second-order valence-electron chi connectivity index (χ2n) is 5.09. The molecule has 0 atom stereocenters. The van der Waals surface area contributed by atoms with Gasteiger partial charge in [-0.25, -0.2) is 9.78 Å². The van der Waals surface area contributed by atoms with E-state index in [-0.39, 0.29) is 6.03 Å². The third-order valence-electron chi connectivity index (χ3n) is 3.44. The van der Waals surface area contributed by atoms with E-state index >= 15 is 0 Å². The van der Waals surface area contributed by atoms with E-state index < -0.39 is 0 Å². The lowest BCUT2D eigenvalue weighted by molar-refractivity contribution is 0.122. The fourth-order valence-corrected chi connectivity index (χ4v) is 2.63. The molecule has 1 aromatic carbocycles. The van der Waals surface area contributed by atoms with Crippen molar-refractivity contribution in [2.45, 2.75) is 0 Å². The van der Waals surface area contributed by atoms with E-state index in [4.69, 9.17) is 4.74 Å². The number of halogens is 1. The number of hydrogen-bond donors (Lipinski definition) is 2. The molecule has 2 amide bonds. The molecule has 7 heteroatoms. The number of anilines is 3. The van der Waals surface area contributed by atoms with Gasteiger partial charge in [-0.15, -0.1) is 0 Å². The SMILES string of the molecule is O=C(Nc1ccc(I)cc1)Nc1ccc(N2CCOCC2)nc1. The fraction of sp³-hybridized carbons (Fsp3) is 0.250. The summed E-state index contributed by atoms with van der Waals surface area (Å²) in [6.45, 7) is 3.13. The number of carbonyl (C=O) groups is 1. The number of aromatic nitrogens is 1. The molecule has 2 heterocycles. The van der Waals surface area contributed by atoms with Crippen molar-refractivity contribution in [2.24, 2.45) is 0 Å². The third kappa shape index (κ3) is 4.55. The molecule has 1 fully saturated rings. The van der Waals surface area contributed by atoms with Crippen LogP contribution in [0, 0.1) is 3.57 Å². The van der Waals surface area contributed by atoms with E-state index in [1.165, 1.54) is 0 Å². The molecular weight excluding hydrogens is 407 g/mol. The van der Waals surface area contributed by atoms with Crippen molar-refractivity contribution in [2.75, 3.05) is 41.8 Å². The Bertz CT molecular complexity index is 655. The lowest BCUT2D eigenvalue weighted by Gasteiger charge is -2.27. The van der Waals surface area contributed by atoms with E-state index in [2.05, 4.69) is 43.1 Å². The summed E-state index contributed by atoms with van der Waals surface area (Å²) in [5, 5.41) is 5.57. The highest BCUT2D eigenvalue weighted by molar-refractivity contribution is 14.1. The van der Waals surface area contributed by atoms with Crippen LogP contribution >= 0.6 is 22.6 Å². The summed E-state index contributed by atoms with van der Waals surface area (Å²) in [6, 6.07) is 11.1. The Morgan fingerprint density at radius 2 is 1.70 bits per heavy atom. The Morgan fingerprint density at radius 3 is 2.35 bits per heavy atom. The lowest BCUT2D eigenvalue weighted by atomic mass is 10.3. The number of nitrogens with one attached hydrogen (secondary N) is 2. The van der Waals surface area contributed by atoms with Crippen LogP contribution in [0.2, 0.25) is 0 Å². The van der Waals surface area contributed by atoms with Crippen molar-refractivity contribution in [3.8, 4) is 0 Å². The van der Waals surface area contributed by atoms with Crippen LogP contribution in [0.15, 0.2) is 42.6 Å². The zero-order valence-corrected chi connectivity index (χ0v) is 14.6. The van der Waals surface area contributed by atoms with Crippen molar-refractivity contribution in [1.82, 2.24) is 4.98 Å². The van der Waals surface area contributed by atoms with Gasteiger partial charge in [-0.3, -0.25) is 0 Å². The van der Waals surface area contributed by atoms with Gasteiger partial charge >= 0.3 is 6.03 Å². The van der Waals surface area contributed by atoms with Crippen molar-refractivity contribution >= 4 is 45.8 Å². The van der Waals surface area contributed by atoms with Gasteiger partial charge in [-0.2, -0.15) is 0 Å². The molecular formula is C16H17IN4O2. The number of pyridine rings is 1. The number of ether oxygens (including phenoxy) is 1. The van der Waals surface area contributed by atoms with E-state index in [1.807, 2.05) is 36.4 Å². The standard InChI is InChI=1S/C16H17IN4O2/c17-12-1-3-13(4-2-12)19-16(22)20-14-5-6-15(18-11-14)21-7-9-23-10-8-21/h1-6,11H,7-10H2,(H2,19,20,22). The molecule has 1 aliphatic rings. The second-order valence-corrected chi connectivity index (χ2v) is 6.34. The molecule has 0 saturated carbocycles. The first-order chi connectivity index (χ1) is 11.2. The normalized spacial score (nSPS) is 14.4. The minimum absolute atomic E-state index is 0.285. The maximum atomic E-state index is 12.0. The zero-order valence-electron chi connectivity index (χ0n) is 12.5. The highest BCUT2D eigenvalue weighted by Gasteiger charge is 2.12. The fourth-order valence-electron chi connectivity index (χ4n) is 2.27. The molecule has 0 aliphatic carbocycles. The summed E-state index contributed by atoms with van der Waals surface area (Å²) in [6.07, 6.45) is 1.66. The van der Waals surface area contributed by atoms with Gasteiger partial charge in [0.25, 0.3) is 0 Å². The van der Waals surface area contributed by atoms with Gasteiger partial charge in [0.1, 0.15) is 5.82 Å². The zero-order chi connectivity index (χ0) is 16.1. The molecule has 0 spiro atoms. The van der Waals surface area contributed by atoms with Gasteiger partial charge in [-0.1, -0.05) is 0 Å². The van der Waals surface area contributed by atoms with Crippen molar-refractivity contribution in [3.05, 3.63) is 46.2 Å². The highest BCUT2D eigenvalue weighted by atomic mass is 127. The van der Waals surface area contributed by atoms with Crippen LogP contribution < -0.4 is 15.5 Å². The van der Waals surface area contributed by atoms with Gasteiger partial charge in [0.05, 0.1) is 25.1 Å². The van der Waals surface area contributed by atoms with Crippen LogP contribution in [-0.2, 0) is 4.74 Å². The average Bonchev–Trinajstić information content (AvgIpc) is 2.58. The number of nitrogens with zero attached hydrogens (tertiary/aromatic N) is 2. The molecule has 2 aromatic rings. The number of rotatable bonds is 3. The molecule has 1 saturated heterocycles. The van der Waals surface area contributed by atoms with Gasteiger partial charge in [0.2, 0.25) is 0 Å². The van der Waals surface area contributed by atoms with Gasteiger partial charge < -0.3 is 20.3 Å². The van der Waals surface area contributed by atoms with Crippen LogP contribution in [0.1, 0.15) is 0 Å². The van der Waals surface area contributed by atoms with Crippen LogP contribution in [0.3, 0.4) is 0 Å². The molecule has 0 radical (unpaired) electrons. The van der Waals surface area contributed by atoms with Crippen LogP contribution in [0.4, 0.5) is 22.0 Å². The third-order valence-corrected chi connectivity index (χ3v) is 4.16. The number of morpholine rings is 1. The summed E-state index contributed by atoms with van der Waals surface area (Å²) in [4.78, 5) is 18.5. The summed E-state index contributed by atoms with van der Waals surface area (Å²) < 4.78 is 6.45. The number of benzene rings is 1. The van der Waals surface area contributed by atoms with E-state index in [9.17, 15) is 4.79 Å². The van der Waals surface area contributed by atoms with Crippen LogP contribution in [0.25, 0.3) is 0 Å². The summed E-state index contributed by atoms with van der Waals surface area (Å²) in [5.41, 5.74) is 1.41. The molecule has 23 heavy (non-hydrogen) atoms.